The molecule has 1 aromatic heterocycles. The van der Waals surface area contributed by atoms with Gasteiger partial charge in [0.15, 0.2) is 0 Å². The highest BCUT2D eigenvalue weighted by molar-refractivity contribution is 5.81. The first-order valence-corrected chi connectivity index (χ1v) is 6.36. The maximum absolute atomic E-state index is 10.1. The first-order valence-electron chi connectivity index (χ1n) is 6.36. The van der Waals surface area contributed by atoms with Gasteiger partial charge in [0, 0.05) is 17.3 Å². The van der Waals surface area contributed by atoms with Crippen LogP contribution >= 0.6 is 0 Å². The minimum atomic E-state index is -0.827. The summed E-state index contributed by atoms with van der Waals surface area (Å²) in [4.78, 5) is 0. The predicted octanol–water partition coefficient (Wildman–Crippen LogP) is 3.66. The fourth-order valence-electron chi connectivity index (χ4n) is 2.28. The van der Waals surface area contributed by atoms with Crippen molar-refractivity contribution in [2.45, 2.75) is 19.4 Å². The molecular formula is C17H16NO. The molecule has 1 heterocycles. The van der Waals surface area contributed by atoms with Gasteiger partial charge < -0.3 is 9.67 Å². The number of rotatable bonds is 2. The molecule has 3 rings (SSSR count). The fraction of sp³-hybridized carbons (Fsp3) is 0.176. The zero-order valence-electron chi connectivity index (χ0n) is 11.1. The highest BCUT2D eigenvalue weighted by Gasteiger charge is 2.16. The Labute approximate surface area is 112 Å². The Morgan fingerprint density at radius 1 is 1.16 bits per heavy atom. The average Bonchev–Trinajstić information content (AvgIpc) is 2.82. The molecule has 0 saturated carbocycles. The van der Waals surface area contributed by atoms with Crippen molar-refractivity contribution in [2.24, 2.45) is 0 Å². The van der Waals surface area contributed by atoms with Crippen molar-refractivity contribution >= 4 is 10.9 Å². The molecule has 1 N–H and O–H groups in total. The number of aromatic nitrogens is 1. The summed E-state index contributed by atoms with van der Waals surface area (Å²) in [7, 11) is 0. The summed E-state index contributed by atoms with van der Waals surface area (Å²) in [5.74, 6) is 0. The Kier molecular flexibility index (Phi) is 2.68. The van der Waals surface area contributed by atoms with Gasteiger partial charge in [0.05, 0.1) is 11.1 Å². The molecule has 95 valence electrons. The zero-order chi connectivity index (χ0) is 13.5. The number of hydrogen-bond acceptors (Lipinski definition) is 1. The van der Waals surface area contributed by atoms with Crippen molar-refractivity contribution in [1.29, 1.82) is 0 Å². The van der Waals surface area contributed by atoms with Crippen LogP contribution in [0.3, 0.4) is 0 Å². The van der Waals surface area contributed by atoms with E-state index < -0.39 is 5.60 Å². The zero-order valence-corrected chi connectivity index (χ0v) is 11.1. The second-order valence-corrected chi connectivity index (χ2v) is 5.28. The minimum Gasteiger partial charge on any atom is -0.386 e. The lowest BCUT2D eigenvalue weighted by Crippen LogP contribution is -2.15. The summed E-state index contributed by atoms with van der Waals surface area (Å²) in [6.07, 6.45) is 2.04. The Morgan fingerprint density at radius 2 is 2.00 bits per heavy atom. The highest BCUT2D eigenvalue weighted by atomic mass is 16.3. The molecule has 0 atom stereocenters. The monoisotopic (exact) mass is 250 g/mol. The van der Waals surface area contributed by atoms with Crippen LogP contribution in [-0.2, 0) is 5.60 Å². The summed E-state index contributed by atoms with van der Waals surface area (Å²) in [6, 6.07) is 19.1. The van der Waals surface area contributed by atoms with Crippen molar-refractivity contribution in [3.63, 3.8) is 0 Å². The lowest BCUT2D eigenvalue weighted by Gasteiger charge is -2.19. The molecule has 19 heavy (non-hydrogen) atoms. The fourth-order valence-corrected chi connectivity index (χ4v) is 2.28. The van der Waals surface area contributed by atoms with Crippen LogP contribution in [0.4, 0.5) is 0 Å². The molecule has 3 aromatic rings. The third kappa shape index (κ3) is 2.15. The van der Waals surface area contributed by atoms with Crippen LogP contribution in [0, 0.1) is 6.07 Å². The van der Waals surface area contributed by atoms with Crippen molar-refractivity contribution < 1.29 is 5.11 Å². The molecule has 0 unspecified atom stereocenters. The van der Waals surface area contributed by atoms with E-state index in [9.17, 15) is 5.11 Å². The van der Waals surface area contributed by atoms with Crippen molar-refractivity contribution in [2.75, 3.05) is 0 Å². The first kappa shape index (κ1) is 12.0. The van der Waals surface area contributed by atoms with Crippen LogP contribution in [0.15, 0.2) is 54.7 Å². The van der Waals surface area contributed by atoms with Gasteiger partial charge in [-0.2, -0.15) is 0 Å². The van der Waals surface area contributed by atoms with Crippen LogP contribution in [0.2, 0.25) is 0 Å². The quantitative estimate of drug-likeness (QED) is 0.737. The van der Waals surface area contributed by atoms with Crippen molar-refractivity contribution in [3.8, 4) is 5.69 Å². The molecule has 0 amide bonds. The van der Waals surface area contributed by atoms with Gasteiger partial charge in [0.25, 0.3) is 0 Å². The molecule has 0 bridgehead atoms. The minimum absolute atomic E-state index is 0.827. The Morgan fingerprint density at radius 3 is 2.79 bits per heavy atom. The molecule has 0 aliphatic rings. The molecule has 2 aromatic carbocycles. The van der Waals surface area contributed by atoms with E-state index >= 15 is 0 Å². The van der Waals surface area contributed by atoms with Crippen LogP contribution < -0.4 is 0 Å². The van der Waals surface area contributed by atoms with Gasteiger partial charge in [0.1, 0.15) is 0 Å². The normalized spacial score (nSPS) is 11.9. The lowest BCUT2D eigenvalue weighted by atomic mass is 9.98. The van der Waals surface area contributed by atoms with E-state index in [0.29, 0.717) is 0 Å². The summed E-state index contributed by atoms with van der Waals surface area (Å²) < 4.78 is 2.12. The maximum Gasteiger partial charge on any atom is 0.0841 e. The van der Waals surface area contributed by atoms with E-state index in [1.807, 2.05) is 48.7 Å². The third-order valence-electron chi connectivity index (χ3n) is 3.37. The molecule has 1 radical (unpaired) electrons. The second-order valence-electron chi connectivity index (χ2n) is 5.28. The van der Waals surface area contributed by atoms with Gasteiger partial charge in [-0.3, -0.25) is 0 Å². The average molecular weight is 250 g/mol. The summed E-state index contributed by atoms with van der Waals surface area (Å²) >= 11 is 0. The van der Waals surface area contributed by atoms with E-state index in [2.05, 4.69) is 16.7 Å². The number of aliphatic hydroxyl groups is 1. The standard InChI is InChI=1S/C17H16NO/c1-17(2,19)14-7-5-8-15(12-14)18-11-10-13-6-3-4-9-16(13)18/h4-12,19H,1-2H3. The molecule has 0 fully saturated rings. The maximum atomic E-state index is 10.1. The van der Waals surface area contributed by atoms with Gasteiger partial charge in [-0.15, -0.1) is 0 Å². The second kappa shape index (κ2) is 4.25. The van der Waals surface area contributed by atoms with Crippen LogP contribution in [0.5, 0.6) is 0 Å². The summed E-state index contributed by atoms with van der Waals surface area (Å²) in [5, 5.41) is 11.3. The molecule has 0 spiro atoms. The highest BCUT2D eigenvalue weighted by Crippen LogP contribution is 2.25. The van der Waals surface area contributed by atoms with E-state index in [4.69, 9.17) is 0 Å². The Bertz CT molecular complexity index is 719. The SMILES string of the molecule is CC(C)(O)c1cccc(-n2ccc3c[c]ccc32)c1. The third-order valence-corrected chi connectivity index (χ3v) is 3.37. The van der Waals surface area contributed by atoms with Gasteiger partial charge in [-0.25, -0.2) is 0 Å². The van der Waals surface area contributed by atoms with Gasteiger partial charge in [-0.1, -0.05) is 18.2 Å². The van der Waals surface area contributed by atoms with Gasteiger partial charge in [-0.05, 0) is 55.8 Å². The smallest absolute Gasteiger partial charge is 0.0841 e. The number of fused-ring (bicyclic) bond motifs is 1. The first-order chi connectivity index (χ1) is 9.05. The predicted molar refractivity (Wildman–Crippen MR) is 77.4 cm³/mol. The Balaban J connectivity index is 2.17. The van der Waals surface area contributed by atoms with Crippen LogP contribution in [-0.4, -0.2) is 9.67 Å². The summed E-state index contributed by atoms with van der Waals surface area (Å²) in [5.41, 5.74) is 2.29. The molecule has 0 aliphatic carbocycles. The number of benzene rings is 2. The van der Waals surface area contributed by atoms with Crippen LogP contribution in [0.25, 0.3) is 16.6 Å². The largest absolute Gasteiger partial charge is 0.386 e. The number of nitrogens with zero attached hydrogens (tertiary/aromatic N) is 1. The molecule has 0 aliphatic heterocycles. The van der Waals surface area contributed by atoms with E-state index in [1.54, 1.807) is 13.8 Å². The molecule has 0 saturated heterocycles. The van der Waals surface area contributed by atoms with Crippen molar-refractivity contribution in [1.82, 2.24) is 4.57 Å². The Hall–Kier alpha value is -2.06. The van der Waals surface area contributed by atoms with Crippen molar-refractivity contribution in [3.05, 3.63) is 66.4 Å². The van der Waals surface area contributed by atoms with Gasteiger partial charge in [0.2, 0.25) is 0 Å². The van der Waals surface area contributed by atoms with E-state index in [1.165, 1.54) is 0 Å². The van der Waals surface area contributed by atoms with E-state index in [0.717, 1.165) is 22.2 Å². The van der Waals surface area contributed by atoms with E-state index in [-0.39, 0.29) is 0 Å². The lowest BCUT2D eigenvalue weighted by molar-refractivity contribution is 0.0786. The molecular weight excluding hydrogens is 234 g/mol. The van der Waals surface area contributed by atoms with Gasteiger partial charge >= 0.3 is 0 Å². The molecule has 2 heteroatoms. The number of hydrogen-bond donors (Lipinski definition) is 1. The van der Waals surface area contributed by atoms with Crippen LogP contribution in [0.1, 0.15) is 19.4 Å². The topological polar surface area (TPSA) is 25.2 Å². The summed E-state index contributed by atoms with van der Waals surface area (Å²) in [6.45, 7) is 3.60. The molecule has 2 nitrogen and oxygen atoms in total.